The Morgan fingerprint density at radius 2 is 1.93 bits per heavy atom. The number of halogens is 3. The molecule has 1 aromatic carbocycles. The fraction of sp³-hybridized carbons (Fsp3) is 0.350. The van der Waals surface area contributed by atoms with Crippen LogP contribution in [-0.2, 0) is 18.0 Å². The Kier molecular flexibility index (Phi) is 6.85. The van der Waals surface area contributed by atoms with E-state index in [9.17, 15) is 14.0 Å². The Hall–Kier alpha value is -2.35. The number of fused-ring (bicyclic) bond motifs is 1. The van der Waals surface area contributed by atoms with Gasteiger partial charge in [-0.3, -0.25) is 0 Å². The summed E-state index contributed by atoms with van der Waals surface area (Å²) >= 11 is 3.49. The SMILES string of the molecule is C[Si](C)(C)CCOCn1cc(Br)c2c(NCc3c(F)cccc3F)nc(C#N)nc21. The van der Waals surface area contributed by atoms with E-state index in [2.05, 4.69) is 50.9 Å². The third-order valence-corrected chi connectivity index (χ3v) is 6.80. The van der Waals surface area contributed by atoms with E-state index >= 15 is 0 Å². The maximum Gasteiger partial charge on any atom is 0.236 e. The van der Waals surface area contributed by atoms with Crippen LogP contribution in [0.5, 0.6) is 0 Å². The summed E-state index contributed by atoms with van der Waals surface area (Å²) in [6.45, 7) is 7.62. The minimum Gasteiger partial charge on any atom is -0.365 e. The molecule has 0 radical (unpaired) electrons. The van der Waals surface area contributed by atoms with E-state index < -0.39 is 19.7 Å². The van der Waals surface area contributed by atoms with Crippen LogP contribution in [0.15, 0.2) is 28.9 Å². The minimum atomic E-state index is -1.20. The largest absolute Gasteiger partial charge is 0.365 e. The van der Waals surface area contributed by atoms with Gasteiger partial charge >= 0.3 is 0 Å². The lowest BCUT2D eigenvalue weighted by atomic mass is 10.2. The number of hydrogen-bond acceptors (Lipinski definition) is 5. The molecule has 2 heterocycles. The molecular weight excluding hydrogens is 472 g/mol. The molecule has 0 bridgehead atoms. The number of hydrogen-bond donors (Lipinski definition) is 1. The van der Waals surface area contributed by atoms with Crippen molar-refractivity contribution in [3.63, 3.8) is 0 Å². The van der Waals surface area contributed by atoms with Crippen molar-refractivity contribution in [1.29, 1.82) is 5.26 Å². The predicted octanol–water partition coefficient (Wildman–Crippen LogP) is 5.27. The summed E-state index contributed by atoms with van der Waals surface area (Å²) in [5.74, 6) is -1.04. The predicted molar refractivity (Wildman–Crippen MR) is 118 cm³/mol. The van der Waals surface area contributed by atoms with E-state index in [-0.39, 0.29) is 24.7 Å². The number of aromatic nitrogens is 3. The van der Waals surface area contributed by atoms with E-state index in [1.807, 2.05) is 6.07 Å². The normalized spacial score (nSPS) is 11.6. The van der Waals surface area contributed by atoms with E-state index in [0.29, 0.717) is 27.9 Å². The lowest BCUT2D eigenvalue weighted by Crippen LogP contribution is -2.22. The number of rotatable bonds is 8. The van der Waals surface area contributed by atoms with Gasteiger partial charge in [0.1, 0.15) is 35.9 Å². The molecule has 0 spiro atoms. The molecule has 0 aliphatic carbocycles. The van der Waals surface area contributed by atoms with Crippen molar-refractivity contribution in [2.24, 2.45) is 0 Å². The molecule has 0 fully saturated rings. The zero-order chi connectivity index (χ0) is 21.9. The van der Waals surface area contributed by atoms with E-state index in [4.69, 9.17) is 4.74 Å². The Morgan fingerprint density at radius 3 is 2.57 bits per heavy atom. The summed E-state index contributed by atoms with van der Waals surface area (Å²) in [5.41, 5.74) is 0.394. The van der Waals surface area contributed by atoms with Gasteiger partial charge in [0, 0.05) is 37.5 Å². The van der Waals surface area contributed by atoms with Crippen LogP contribution in [-0.4, -0.2) is 29.2 Å². The van der Waals surface area contributed by atoms with Crippen molar-refractivity contribution in [1.82, 2.24) is 14.5 Å². The number of nitrogens with one attached hydrogen (secondary N) is 1. The number of nitrogens with zero attached hydrogens (tertiary/aromatic N) is 4. The second kappa shape index (κ2) is 9.20. The highest BCUT2D eigenvalue weighted by atomic mass is 79.9. The lowest BCUT2D eigenvalue weighted by Gasteiger charge is -2.15. The molecule has 158 valence electrons. The van der Waals surface area contributed by atoms with Gasteiger partial charge in [-0.15, -0.1) is 0 Å². The zero-order valence-electron chi connectivity index (χ0n) is 17.0. The third-order valence-electron chi connectivity index (χ3n) is 4.49. The fourth-order valence-corrected chi connectivity index (χ4v) is 4.20. The van der Waals surface area contributed by atoms with Gasteiger partial charge in [0.15, 0.2) is 0 Å². The van der Waals surface area contributed by atoms with Crippen LogP contribution in [0.2, 0.25) is 25.7 Å². The Labute approximate surface area is 183 Å². The van der Waals surface area contributed by atoms with Gasteiger partial charge in [-0.05, 0) is 34.1 Å². The summed E-state index contributed by atoms with van der Waals surface area (Å²) in [6.07, 6.45) is 1.80. The number of anilines is 1. The van der Waals surface area contributed by atoms with Crippen LogP contribution >= 0.6 is 15.9 Å². The van der Waals surface area contributed by atoms with Crippen molar-refractivity contribution in [3.05, 3.63) is 51.9 Å². The molecule has 1 N–H and O–H groups in total. The fourth-order valence-electron chi connectivity index (χ4n) is 2.83. The molecule has 0 atom stereocenters. The first kappa shape index (κ1) is 22.3. The molecule has 3 rings (SSSR count). The van der Waals surface area contributed by atoms with E-state index in [1.54, 1.807) is 10.8 Å². The first-order valence-electron chi connectivity index (χ1n) is 9.40. The highest BCUT2D eigenvalue weighted by Crippen LogP contribution is 2.31. The summed E-state index contributed by atoms with van der Waals surface area (Å²) in [4.78, 5) is 8.48. The van der Waals surface area contributed by atoms with Crippen LogP contribution in [0, 0.1) is 23.0 Å². The molecule has 0 aliphatic heterocycles. The van der Waals surface area contributed by atoms with E-state index in [0.717, 1.165) is 6.04 Å². The van der Waals surface area contributed by atoms with Gasteiger partial charge in [0.05, 0.1) is 5.39 Å². The first-order valence-corrected chi connectivity index (χ1v) is 13.9. The van der Waals surface area contributed by atoms with Crippen LogP contribution in [0.25, 0.3) is 11.0 Å². The maximum absolute atomic E-state index is 14.0. The average Bonchev–Trinajstić information content (AvgIpc) is 2.99. The molecule has 6 nitrogen and oxygen atoms in total. The van der Waals surface area contributed by atoms with Crippen LogP contribution < -0.4 is 5.32 Å². The molecule has 3 aromatic rings. The second-order valence-electron chi connectivity index (χ2n) is 8.05. The Balaban J connectivity index is 1.88. The van der Waals surface area contributed by atoms with Crippen LogP contribution in [0.4, 0.5) is 14.6 Å². The molecule has 0 saturated carbocycles. The Bertz CT molecular complexity index is 1090. The third kappa shape index (κ3) is 5.22. The summed E-state index contributed by atoms with van der Waals surface area (Å²) < 4.78 is 36.2. The number of nitriles is 1. The summed E-state index contributed by atoms with van der Waals surface area (Å²) in [7, 11) is -1.20. The standard InChI is InChI=1S/C20H22BrF2N5OSi/c1-30(2,3)8-7-29-12-28-11-14(21)18-19(26-17(9-24)27-20(18)28)25-10-13-15(22)5-4-6-16(13)23/h4-6,11H,7-8,10,12H2,1-3H3,(H,25,26,27). The molecule has 0 saturated heterocycles. The molecule has 2 aromatic heterocycles. The molecule has 30 heavy (non-hydrogen) atoms. The quantitative estimate of drug-likeness (QED) is 0.341. The van der Waals surface area contributed by atoms with Crippen LogP contribution in [0.1, 0.15) is 11.4 Å². The minimum absolute atomic E-state index is 0.0482. The summed E-state index contributed by atoms with van der Waals surface area (Å²) in [6, 6.07) is 6.66. The van der Waals surface area contributed by atoms with Crippen molar-refractivity contribution >= 4 is 40.9 Å². The molecule has 0 unspecified atom stereocenters. The topological polar surface area (TPSA) is 75.8 Å². The number of ether oxygens (including phenoxy) is 1. The van der Waals surface area contributed by atoms with Gasteiger partial charge in [-0.1, -0.05) is 25.7 Å². The number of benzene rings is 1. The second-order valence-corrected chi connectivity index (χ2v) is 14.5. The first-order chi connectivity index (χ1) is 14.2. The van der Waals surface area contributed by atoms with Gasteiger partial charge in [0.2, 0.25) is 5.82 Å². The molecule has 0 aliphatic rings. The van der Waals surface area contributed by atoms with Crippen molar-refractivity contribution in [2.75, 3.05) is 11.9 Å². The molecule has 10 heteroatoms. The zero-order valence-corrected chi connectivity index (χ0v) is 19.6. The molecular formula is C20H22BrF2N5OSi. The Morgan fingerprint density at radius 1 is 1.23 bits per heavy atom. The maximum atomic E-state index is 14.0. The highest BCUT2D eigenvalue weighted by molar-refractivity contribution is 9.10. The van der Waals surface area contributed by atoms with Gasteiger partial charge in [-0.25, -0.2) is 18.7 Å². The lowest BCUT2D eigenvalue weighted by molar-refractivity contribution is 0.0898. The summed E-state index contributed by atoms with van der Waals surface area (Å²) in [5, 5.41) is 12.9. The monoisotopic (exact) mass is 493 g/mol. The molecule has 0 amide bonds. The average molecular weight is 494 g/mol. The van der Waals surface area contributed by atoms with Gasteiger partial charge in [-0.2, -0.15) is 5.26 Å². The highest BCUT2D eigenvalue weighted by Gasteiger charge is 2.18. The van der Waals surface area contributed by atoms with Gasteiger partial charge < -0.3 is 14.6 Å². The van der Waals surface area contributed by atoms with Crippen molar-refractivity contribution in [3.8, 4) is 6.07 Å². The van der Waals surface area contributed by atoms with Crippen molar-refractivity contribution < 1.29 is 13.5 Å². The van der Waals surface area contributed by atoms with E-state index in [1.165, 1.54) is 18.2 Å². The van der Waals surface area contributed by atoms with Gasteiger partial charge in [0.25, 0.3) is 0 Å². The van der Waals surface area contributed by atoms with Crippen molar-refractivity contribution in [2.45, 2.75) is 39.0 Å². The smallest absolute Gasteiger partial charge is 0.236 e. The van der Waals surface area contributed by atoms with Crippen LogP contribution in [0.3, 0.4) is 0 Å².